The molecule has 0 radical (unpaired) electrons. The van der Waals surface area contributed by atoms with Crippen LogP contribution in [0.1, 0.15) is 19.8 Å². The smallest absolute Gasteiger partial charge is 0.181 e. The number of rotatable bonds is 7. The van der Waals surface area contributed by atoms with Gasteiger partial charge in [-0.3, -0.25) is 4.68 Å². The van der Waals surface area contributed by atoms with E-state index >= 15 is 0 Å². The molecule has 102 valence electrons. The van der Waals surface area contributed by atoms with E-state index < -0.39 is 0 Å². The van der Waals surface area contributed by atoms with Crippen molar-refractivity contribution in [3.63, 3.8) is 0 Å². The lowest BCUT2D eigenvalue weighted by molar-refractivity contribution is 0.121. The zero-order valence-corrected chi connectivity index (χ0v) is 13.2. The summed E-state index contributed by atoms with van der Waals surface area (Å²) in [6, 6.07) is 8.20. The number of hydrogen-bond acceptors (Lipinski definition) is 3. The van der Waals surface area contributed by atoms with E-state index in [1.165, 1.54) is 9.99 Å². The van der Waals surface area contributed by atoms with Gasteiger partial charge in [-0.25, -0.2) is 4.98 Å². The molecule has 19 heavy (non-hydrogen) atoms. The lowest BCUT2D eigenvalue weighted by Gasteiger charge is -2.02. The average Bonchev–Trinajstić information content (AvgIpc) is 2.88. The number of nitrogens with zero attached hydrogens (tertiary/aromatic N) is 3. The molecule has 2 rings (SSSR count). The van der Waals surface area contributed by atoms with Gasteiger partial charge in [-0.2, -0.15) is 5.10 Å². The van der Waals surface area contributed by atoms with E-state index in [0.717, 1.165) is 31.0 Å². The van der Waals surface area contributed by atoms with Crippen molar-refractivity contribution in [2.24, 2.45) is 0 Å². The van der Waals surface area contributed by atoms with Crippen LogP contribution >= 0.6 is 22.6 Å². The number of ether oxygens (including phenoxy) is 1. The molecule has 0 N–H and O–H groups in total. The minimum absolute atomic E-state index is 0.690. The van der Waals surface area contributed by atoms with Crippen molar-refractivity contribution < 1.29 is 4.74 Å². The van der Waals surface area contributed by atoms with E-state index in [-0.39, 0.29) is 0 Å². The maximum Gasteiger partial charge on any atom is 0.181 e. The predicted molar refractivity (Wildman–Crippen MR) is 83.9 cm³/mol. The molecule has 2 aromatic rings. The largest absolute Gasteiger partial charge is 0.380 e. The Morgan fingerprint density at radius 3 is 2.74 bits per heavy atom. The molecule has 0 aliphatic rings. The fraction of sp³-hybridized carbons (Fsp3) is 0.429. The molecule has 1 aromatic carbocycles. The Hall–Kier alpha value is -0.950. The van der Waals surface area contributed by atoms with Crippen molar-refractivity contribution in [2.75, 3.05) is 13.2 Å². The molecule has 0 spiro atoms. The summed E-state index contributed by atoms with van der Waals surface area (Å²) in [5.74, 6) is 0.768. The molecule has 0 saturated carbocycles. The van der Waals surface area contributed by atoms with Gasteiger partial charge in [-0.05, 0) is 41.1 Å². The zero-order valence-electron chi connectivity index (χ0n) is 11.1. The molecule has 0 atom stereocenters. The summed E-state index contributed by atoms with van der Waals surface area (Å²) in [5.41, 5.74) is 1.05. The van der Waals surface area contributed by atoms with Crippen LogP contribution in [0, 0.1) is 3.57 Å². The second kappa shape index (κ2) is 7.59. The van der Waals surface area contributed by atoms with Crippen molar-refractivity contribution >= 4 is 22.6 Å². The Morgan fingerprint density at radius 1 is 1.21 bits per heavy atom. The number of hydrogen-bond donors (Lipinski definition) is 0. The predicted octanol–water partition coefficient (Wildman–Crippen LogP) is 3.37. The maximum absolute atomic E-state index is 5.52. The minimum atomic E-state index is 0.690. The molecule has 1 aromatic heterocycles. The Bertz CT molecular complexity index is 496. The summed E-state index contributed by atoms with van der Waals surface area (Å²) < 4.78 is 8.56. The van der Waals surface area contributed by atoms with Gasteiger partial charge in [-0.15, -0.1) is 0 Å². The van der Waals surface area contributed by atoms with Gasteiger partial charge in [0.15, 0.2) is 5.82 Å². The molecule has 1 heterocycles. The van der Waals surface area contributed by atoms with Gasteiger partial charge < -0.3 is 4.74 Å². The first-order valence-electron chi connectivity index (χ1n) is 6.52. The summed E-state index contributed by atoms with van der Waals surface area (Å²) in [5, 5.41) is 4.45. The molecule has 0 aliphatic heterocycles. The van der Waals surface area contributed by atoms with Crippen molar-refractivity contribution in [2.45, 2.75) is 26.3 Å². The van der Waals surface area contributed by atoms with Gasteiger partial charge in [-0.1, -0.05) is 25.5 Å². The van der Waals surface area contributed by atoms with Crippen LogP contribution in [0.3, 0.4) is 0 Å². The normalized spacial score (nSPS) is 10.8. The molecule has 0 aliphatic carbocycles. The van der Waals surface area contributed by atoms with Crippen LogP contribution < -0.4 is 0 Å². The van der Waals surface area contributed by atoms with Crippen LogP contribution in [0.15, 0.2) is 30.6 Å². The van der Waals surface area contributed by atoms with E-state index in [0.29, 0.717) is 6.61 Å². The molecule has 0 saturated heterocycles. The second-order valence-electron chi connectivity index (χ2n) is 4.30. The minimum Gasteiger partial charge on any atom is -0.380 e. The van der Waals surface area contributed by atoms with Crippen LogP contribution in [0.4, 0.5) is 0 Å². The Balaban J connectivity index is 1.86. The maximum atomic E-state index is 5.52. The molecule has 0 amide bonds. The summed E-state index contributed by atoms with van der Waals surface area (Å²) in [6.45, 7) is 4.43. The van der Waals surface area contributed by atoms with Gasteiger partial charge in [0, 0.05) is 15.7 Å². The van der Waals surface area contributed by atoms with E-state index in [2.05, 4.69) is 51.7 Å². The van der Waals surface area contributed by atoms with Crippen LogP contribution in [0.5, 0.6) is 0 Å². The first kappa shape index (κ1) is 14.5. The van der Waals surface area contributed by atoms with Crippen LogP contribution in [0.25, 0.3) is 11.4 Å². The number of benzene rings is 1. The Kier molecular flexibility index (Phi) is 5.78. The highest BCUT2D eigenvalue weighted by Gasteiger charge is 2.03. The average molecular weight is 371 g/mol. The summed E-state index contributed by atoms with van der Waals surface area (Å²) in [4.78, 5) is 4.33. The van der Waals surface area contributed by atoms with E-state index in [4.69, 9.17) is 4.74 Å². The topological polar surface area (TPSA) is 39.9 Å². The number of unbranched alkanes of at least 4 members (excludes halogenated alkanes) is 1. The standard InChI is InChI=1S/C14H18IN3O/c1-2-3-9-19-10-8-18-11-16-14(17-18)12-4-6-13(15)7-5-12/h4-7,11H,2-3,8-10H2,1H3. The summed E-state index contributed by atoms with van der Waals surface area (Å²) in [6.07, 6.45) is 4.04. The molecular formula is C14H18IN3O. The SMILES string of the molecule is CCCCOCCn1cnc(-c2ccc(I)cc2)n1. The Labute approximate surface area is 127 Å². The number of halogens is 1. The lowest BCUT2D eigenvalue weighted by atomic mass is 10.2. The van der Waals surface area contributed by atoms with Gasteiger partial charge in [0.2, 0.25) is 0 Å². The third-order valence-corrected chi connectivity index (χ3v) is 3.47. The monoisotopic (exact) mass is 371 g/mol. The first-order valence-corrected chi connectivity index (χ1v) is 7.60. The van der Waals surface area contributed by atoms with Crippen molar-refractivity contribution in [1.82, 2.24) is 14.8 Å². The lowest BCUT2D eigenvalue weighted by Crippen LogP contribution is -2.07. The fourth-order valence-electron chi connectivity index (χ4n) is 1.64. The van der Waals surface area contributed by atoms with Gasteiger partial charge >= 0.3 is 0 Å². The Morgan fingerprint density at radius 2 is 2.00 bits per heavy atom. The van der Waals surface area contributed by atoms with E-state index in [9.17, 15) is 0 Å². The molecule has 0 unspecified atom stereocenters. The summed E-state index contributed by atoms with van der Waals surface area (Å²) in [7, 11) is 0. The zero-order chi connectivity index (χ0) is 13.5. The first-order chi connectivity index (χ1) is 9.29. The van der Waals surface area contributed by atoms with E-state index in [1.54, 1.807) is 6.33 Å². The quantitative estimate of drug-likeness (QED) is 0.554. The third-order valence-electron chi connectivity index (χ3n) is 2.75. The van der Waals surface area contributed by atoms with Crippen molar-refractivity contribution in [3.8, 4) is 11.4 Å². The van der Waals surface area contributed by atoms with Crippen LogP contribution in [-0.4, -0.2) is 28.0 Å². The van der Waals surface area contributed by atoms with Crippen LogP contribution in [-0.2, 0) is 11.3 Å². The van der Waals surface area contributed by atoms with Crippen LogP contribution in [0.2, 0.25) is 0 Å². The van der Waals surface area contributed by atoms with Gasteiger partial charge in [0.25, 0.3) is 0 Å². The molecular weight excluding hydrogens is 353 g/mol. The highest BCUT2D eigenvalue weighted by molar-refractivity contribution is 14.1. The highest BCUT2D eigenvalue weighted by Crippen LogP contribution is 2.15. The fourth-order valence-corrected chi connectivity index (χ4v) is 2.00. The number of aromatic nitrogens is 3. The van der Waals surface area contributed by atoms with Crippen molar-refractivity contribution in [3.05, 3.63) is 34.2 Å². The van der Waals surface area contributed by atoms with Gasteiger partial charge in [0.05, 0.1) is 13.2 Å². The third kappa shape index (κ3) is 4.58. The van der Waals surface area contributed by atoms with Gasteiger partial charge in [0.1, 0.15) is 6.33 Å². The van der Waals surface area contributed by atoms with Crippen molar-refractivity contribution in [1.29, 1.82) is 0 Å². The summed E-state index contributed by atoms with van der Waals surface area (Å²) >= 11 is 2.29. The molecule has 5 heteroatoms. The highest BCUT2D eigenvalue weighted by atomic mass is 127. The van der Waals surface area contributed by atoms with E-state index in [1.807, 2.05) is 16.8 Å². The second-order valence-corrected chi connectivity index (χ2v) is 5.55. The molecule has 0 bridgehead atoms. The molecule has 0 fully saturated rings. The molecule has 4 nitrogen and oxygen atoms in total.